The highest BCUT2D eigenvalue weighted by molar-refractivity contribution is 5.94. The van der Waals surface area contributed by atoms with Crippen LogP contribution in [0.1, 0.15) is 62.9 Å². The van der Waals surface area contributed by atoms with Crippen molar-refractivity contribution in [3.8, 4) is 0 Å². The monoisotopic (exact) mass is 288 g/mol. The summed E-state index contributed by atoms with van der Waals surface area (Å²) in [4.78, 5) is 12.2. The number of hydrogen-bond acceptors (Lipinski definition) is 2. The van der Waals surface area contributed by atoms with E-state index >= 15 is 0 Å². The summed E-state index contributed by atoms with van der Waals surface area (Å²) in [6, 6.07) is 8.92. The summed E-state index contributed by atoms with van der Waals surface area (Å²) in [6.45, 7) is 9.46. The molecule has 1 fully saturated rings. The Labute approximate surface area is 128 Å². The van der Waals surface area contributed by atoms with Crippen LogP contribution in [0.3, 0.4) is 0 Å². The highest BCUT2D eigenvalue weighted by atomic mass is 16.1. The van der Waals surface area contributed by atoms with Crippen LogP contribution in [0, 0.1) is 0 Å². The van der Waals surface area contributed by atoms with Gasteiger partial charge in [0.05, 0.1) is 0 Å². The minimum Gasteiger partial charge on any atom is -0.350 e. The molecule has 2 rings (SSSR count). The van der Waals surface area contributed by atoms with Crippen molar-refractivity contribution in [1.29, 1.82) is 0 Å². The first kappa shape index (κ1) is 16.0. The maximum atomic E-state index is 12.2. The Bertz CT molecular complexity index is 473. The predicted molar refractivity (Wildman–Crippen MR) is 87.7 cm³/mol. The SMILES string of the molecule is CC1CCCC(CNC(=O)c2ccc(C(C)(C)C)cc2)N1. The Morgan fingerprint density at radius 2 is 1.90 bits per heavy atom. The van der Waals surface area contributed by atoms with Crippen molar-refractivity contribution >= 4 is 5.91 Å². The Balaban J connectivity index is 1.88. The van der Waals surface area contributed by atoms with Crippen molar-refractivity contribution in [3.63, 3.8) is 0 Å². The zero-order valence-electron chi connectivity index (χ0n) is 13.7. The van der Waals surface area contributed by atoms with Crippen LogP contribution in [-0.4, -0.2) is 24.5 Å². The van der Waals surface area contributed by atoms with Crippen molar-refractivity contribution < 1.29 is 4.79 Å². The fourth-order valence-corrected chi connectivity index (χ4v) is 2.84. The van der Waals surface area contributed by atoms with Crippen molar-refractivity contribution in [1.82, 2.24) is 10.6 Å². The third-order valence-electron chi connectivity index (χ3n) is 4.23. The summed E-state index contributed by atoms with van der Waals surface area (Å²) in [5.74, 6) is 0.0236. The van der Waals surface area contributed by atoms with Gasteiger partial charge in [0.1, 0.15) is 0 Å². The molecule has 1 aliphatic heterocycles. The van der Waals surface area contributed by atoms with E-state index in [4.69, 9.17) is 0 Å². The first-order valence-corrected chi connectivity index (χ1v) is 8.01. The van der Waals surface area contributed by atoms with Crippen LogP contribution in [0.15, 0.2) is 24.3 Å². The maximum absolute atomic E-state index is 12.2. The Hall–Kier alpha value is -1.35. The quantitative estimate of drug-likeness (QED) is 0.896. The van der Waals surface area contributed by atoms with Gasteiger partial charge in [-0.1, -0.05) is 39.3 Å². The summed E-state index contributed by atoms with van der Waals surface area (Å²) < 4.78 is 0. The van der Waals surface area contributed by atoms with E-state index < -0.39 is 0 Å². The fraction of sp³-hybridized carbons (Fsp3) is 0.611. The average Bonchev–Trinajstić information content (AvgIpc) is 2.44. The van der Waals surface area contributed by atoms with E-state index in [1.54, 1.807) is 0 Å². The molecule has 0 aromatic heterocycles. The standard InChI is InChI=1S/C18H28N2O/c1-13-6-5-7-16(20-13)12-19-17(21)14-8-10-15(11-9-14)18(2,3)4/h8-11,13,16,20H,5-7,12H2,1-4H3,(H,19,21). The second kappa shape index (κ2) is 6.61. The van der Waals surface area contributed by atoms with E-state index in [9.17, 15) is 4.79 Å². The average molecular weight is 288 g/mol. The molecule has 1 saturated heterocycles. The largest absolute Gasteiger partial charge is 0.350 e. The Morgan fingerprint density at radius 3 is 2.48 bits per heavy atom. The number of hydrogen-bond donors (Lipinski definition) is 2. The Kier molecular flexibility index (Phi) is 5.04. The molecule has 1 aromatic rings. The molecule has 21 heavy (non-hydrogen) atoms. The maximum Gasteiger partial charge on any atom is 0.251 e. The van der Waals surface area contributed by atoms with Gasteiger partial charge in [0.15, 0.2) is 0 Å². The molecule has 2 unspecified atom stereocenters. The second-order valence-corrected chi connectivity index (χ2v) is 7.23. The van der Waals surface area contributed by atoms with Crippen LogP contribution in [0.4, 0.5) is 0 Å². The van der Waals surface area contributed by atoms with Gasteiger partial charge >= 0.3 is 0 Å². The lowest BCUT2D eigenvalue weighted by molar-refractivity contribution is 0.0946. The molecular formula is C18H28N2O. The molecule has 0 radical (unpaired) electrons. The van der Waals surface area contributed by atoms with E-state index in [2.05, 4.69) is 50.5 Å². The van der Waals surface area contributed by atoms with Crippen molar-refractivity contribution in [2.75, 3.05) is 6.54 Å². The molecule has 2 atom stereocenters. The number of nitrogens with one attached hydrogen (secondary N) is 2. The number of carbonyl (C=O) groups excluding carboxylic acids is 1. The van der Waals surface area contributed by atoms with Gasteiger partial charge in [-0.05, 0) is 42.9 Å². The molecule has 0 spiro atoms. The third kappa shape index (κ3) is 4.57. The zero-order valence-corrected chi connectivity index (χ0v) is 13.7. The normalized spacial score (nSPS) is 22.9. The lowest BCUT2D eigenvalue weighted by Crippen LogP contribution is -2.47. The molecule has 1 amide bonds. The summed E-state index contributed by atoms with van der Waals surface area (Å²) >= 11 is 0. The molecule has 1 aliphatic rings. The molecule has 0 saturated carbocycles. The van der Waals surface area contributed by atoms with E-state index in [0.717, 1.165) is 12.0 Å². The van der Waals surface area contributed by atoms with Crippen LogP contribution >= 0.6 is 0 Å². The molecule has 0 bridgehead atoms. The summed E-state index contributed by atoms with van der Waals surface area (Å²) in [6.07, 6.45) is 3.63. The topological polar surface area (TPSA) is 41.1 Å². The van der Waals surface area contributed by atoms with Gasteiger partial charge in [-0.3, -0.25) is 4.79 Å². The van der Waals surface area contributed by atoms with Gasteiger partial charge in [-0.15, -0.1) is 0 Å². The minimum absolute atomic E-state index is 0.0236. The molecule has 0 aliphatic carbocycles. The lowest BCUT2D eigenvalue weighted by atomic mass is 9.87. The Morgan fingerprint density at radius 1 is 1.24 bits per heavy atom. The van der Waals surface area contributed by atoms with Crippen LogP contribution in [-0.2, 0) is 5.41 Å². The van der Waals surface area contributed by atoms with Gasteiger partial charge in [0.25, 0.3) is 5.91 Å². The van der Waals surface area contributed by atoms with Crippen molar-refractivity contribution in [2.24, 2.45) is 0 Å². The molecule has 1 aromatic carbocycles. The summed E-state index contributed by atoms with van der Waals surface area (Å²) in [5.41, 5.74) is 2.12. The van der Waals surface area contributed by atoms with Crippen LogP contribution in [0.2, 0.25) is 0 Å². The van der Waals surface area contributed by atoms with E-state index in [1.165, 1.54) is 18.4 Å². The molecular weight excluding hydrogens is 260 g/mol. The molecule has 3 heteroatoms. The number of piperidine rings is 1. The van der Waals surface area contributed by atoms with Gasteiger partial charge in [0.2, 0.25) is 0 Å². The number of benzene rings is 1. The summed E-state index contributed by atoms with van der Waals surface area (Å²) in [7, 11) is 0. The van der Waals surface area contributed by atoms with E-state index in [-0.39, 0.29) is 11.3 Å². The van der Waals surface area contributed by atoms with Crippen LogP contribution < -0.4 is 10.6 Å². The number of rotatable bonds is 3. The highest BCUT2D eigenvalue weighted by Crippen LogP contribution is 2.22. The fourth-order valence-electron chi connectivity index (χ4n) is 2.84. The third-order valence-corrected chi connectivity index (χ3v) is 4.23. The lowest BCUT2D eigenvalue weighted by Gasteiger charge is -2.28. The van der Waals surface area contributed by atoms with Crippen LogP contribution in [0.25, 0.3) is 0 Å². The van der Waals surface area contributed by atoms with E-state index in [0.29, 0.717) is 18.6 Å². The van der Waals surface area contributed by atoms with Crippen molar-refractivity contribution in [3.05, 3.63) is 35.4 Å². The molecule has 2 N–H and O–H groups in total. The minimum atomic E-state index is 0.0236. The van der Waals surface area contributed by atoms with Crippen molar-refractivity contribution in [2.45, 2.75) is 64.5 Å². The number of amides is 1. The number of carbonyl (C=O) groups is 1. The van der Waals surface area contributed by atoms with Gasteiger partial charge in [0, 0.05) is 24.2 Å². The van der Waals surface area contributed by atoms with E-state index in [1.807, 2.05) is 12.1 Å². The summed E-state index contributed by atoms with van der Waals surface area (Å²) in [5, 5.41) is 6.58. The molecule has 1 heterocycles. The van der Waals surface area contributed by atoms with Gasteiger partial charge < -0.3 is 10.6 Å². The zero-order chi connectivity index (χ0) is 15.5. The molecule has 3 nitrogen and oxygen atoms in total. The second-order valence-electron chi connectivity index (χ2n) is 7.23. The predicted octanol–water partition coefficient (Wildman–Crippen LogP) is 3.24. The first-order chi connectivity index (χ1) is 9.86. The molecule has 116 valence electrons. The first-order valence-electron chi connectivity index (χ1n) is 8.01. The smallest absolute Gasteiger partial charge is 0.251 e. The highest BCUT2D eigenvalue weighted by Gasteiger charge is 2.19. The van der Waals surface area contributed by atoms with Crippen LogP contribution in [0.5, 0.6) is 0 Å². The van der Waals surface area contributed by atoms with Gasteiger partial charge in [-0.2, -0.15) is 0 Å². The van der Waals surface area contributed by atoms with Gasteiger partial charge in [-0.25, -0.2) is 0 Å².